The maximum atomic E-state index is 11.9. The number of carbonyl (C=O) groups is 1. The molecule has 1 aliphatic heterocycles. The SMILES string of the molecule is CC1(C)C(=O)NCCN1Cc1cc([N+](=O)[O-])ccc1NN. The van der Waals surface area contributed by atoms with Gasteiger partial charge in [-0.15, -0.1) is 0 Å². The summed E-state index contributed by atoms with van der Waals surface area (Å²) >= 11 is 0. The van der Waals surface area contributed by atoms with Crippen molar-refractivity contribution < 1.29 is 9.72 Å². The number of hydrazine groups is 1. The van der Waals surface area contributed by atoms with Crippen molar-refractivity contribution in [3.05, 3.63) is 33.9 Å². The van der Waals surface area contributed by atoms with E-state index in [1.807, 2.05) is 18.7 Å². The highest BCUT2D eigenvalue weighted by Crippen LogP contribution is 2.26. The van der Waals surface area contributed by atoms with Crippen LogP contribution in [0.1, 0.15) is 19.4 Å². The average molecular weight is 293 g/mol. The van der Waals surface area contributed by atoms with Gasteiger partial charge < -0.3 is 10.7 Å². The predicted molar refractivity (Wildman–Crippen MR) is 78.4 cm³/mol. The smallest absolute Gasteiger partial charge is 0.269 e. The number of hydrogen-bond donors (Lipinski definition) is 3. The fourth-order valence-corrected chi connectivity index (χ4v) is 2.39. The van der Waals surface area contributed by atoms with E-state index in [0.29, 0.717) is 30.9 Å². The molecule has 0 bridgehead atoms. The highest BCUT2D eigenvalue weighted by molar-refractivity contribution is 5.86. The Bertz CT molecular complexity index is 573. The molecule has 4 N–H and O–H groups in total. The minimum absolute atomic E-state index is 0.00303. The maximum absolute atomic E-state index is 11.9. The number of anilines is 1. The number of nitro groups is 1. The molecule has 0 saturated carbocycles. The molecule has 0 aliphatic carbocycles. The van der Waals surface area contributed by atoms with Crippen LogP contribution in [0.4, 0.5) is 11.4 Å². The van der Waals surface area contributed by atoms with Crippen molar-refractivity contribution in [3.8, 4) is 0 Å². The van der Waals surface area contributed by atoms with Gasteiger partial charge in [-0.2, -0.15) is 0 Å². The lowest BCUT2D eigenvalue weighted by Gasteiger charge is -2.41. The third-order valence-electron chi connectivity index (χ3n) is 3.83. The van der Waals surface area contributed by atoms with Crippen LogP contribution < -0.4 is 16.6 Å². The molecule has 1 saturated heterocycles. The molecular weight excluding hydrogens is 274 g/mol. The number of nitro benzene ring substituents is 1. The molecule has 21 heavy (non-hydrogen) atoms. The third kappa shape index (κ3) is 2.96. The summed E-state index contributed by atoms with van der Waals surface area (Å²) in [6, 6.07) is 4.45. The van der Waals surface area contributed by atoms with Crippen molar-refractivity contribution in [2.45, 2.75) is 25.9 Å². The molecule has 0 aromatic heterocycles. The summed E-state index contributed by atoms with van der Waals surface area (Å²) in [6.45, 7) is 5.29. The summed E-state index contributed by atoms with van der Waals surface area (Å²) in [6.07, 6.45) is 0. The van der Waals surface area contributed by atoms with E-state index in [2.05, 4.69) is 10.7 Å². The Morgan fingerprint density at radius 1 is 1.52 bits per heavy atom. The minimum atomic E-state index is -0.672. The molecule has 0 atom stereocenters. The van der Waals surface area contributed by atoms with E-state index >= 15 is 0 Å². The van der Waals surface area contributed by atoms with Crippen LogP contribution >= 0.6 is 0 Å². The van der Waals surface area contributed by atoms with Gasteiger partial charge in [0.2, 0.25) is 5.91 Å². The van der Waals surface area contributed by atoms with Crippen molar-refractivity contribution in [1.29, 1.82) is 0 Å². The number of piperazine rings is 1. The zero-order chi connectivity index (χ0) is 15.6. The van der Waals surface area contributed by atoms with Crippen molar-refractivity contribution >= 4 is 17.3 Å². The van der Waals surface area contributed by atoms with Crippen molar-refractivity contribution in [3.63, 3.8) is 0 Å². The molecular formula is C13H19N5O3. The Morgan fingerprint density at radius 2 is 2.24 bits per heavy atom. The normalized spacial score (nSPS) is 18.1. The molecule has 1 heterocycles. The van der Waals surface area contributed by atoms with E-state index in [4.69, 9.17) is 5.84 Å². The Hall–Kier alpha value is -2.19. The number of non-ortho nitro benzene ring substituents is 1. The second-order valence-electron chi connectivity index (χ2n) is 5.48. The van der Waals surface area contributed by atoms with Crippen LogP contribution in [-0.4, -0.2) is 34.4 Å². The van der Waals surface area contributed by atoms with E-state index < -0.39 is 10.5 Å². The van der Waals surface area contributed by atoms with E-state index in [1.165, 1.54) is 12.1 Å². The van der Waals surface area contributed by atoms with Gasteiger partial charge in [0.1, 0.15) is 0 Å². The Morgan fingerprint density at radius 3 is 2.86 bits per heavy atom. The van der Waals surface area contributed by atoms with E-state index in [-0.39, 0.29) is 11.6 Å². The molecule has 0 unspecified atom stereocenters. The van der Waals surface area contributed by atoms with Gasteiger partial charge in [-0.1, -0.05) is 0 Å². The summed E-state index contributed by atoms with van der Waals surface area (Å²) in [5.74, 6) is 5.40. The van der Waals surface area contributed by atoms with Gasteiger partial charge in [-0.3, -0.25) is 25.7 Å². The highest BCUT2D eigenvalue weighted by Gasteiger charge is 2.37. The van der Waals surface area contributed by atoms with Crippen LogP contribution in [0.5, 0.6) is 0 Å². The number of rotatable bonds is 4. The van der Waals surface area contributed by atoms with E-state index in [9.17, 15) is 14.9 Å². The highest BCUT2D eigenvalue weighted by atomic mass is 16.6. The van der Waals surface area contributed by atoms with Crippen molar-refractivity contribution in [1.82, 2.24) is 10.2 Å². The second kappa shape index (κ2) is 5.66. The molecule has 1 aliphatic rings. The van der Waals surface area contributed by atoms with Gasteiger partial charge >= 0.3 is 0 Å². The molecule has 2 rings (SSSR count). The summed E-state index contributed by atoms with van der Waals surface area (Å²) in [4.78, 5) is 24.4. The first-order valence-electron chi connectivity index (χ1n) is 6.63. The number of amides is 1. The summed E-state index contributed by atoms with van der Waals surface area (Å²) in [7, 11) is 0. The Balaban J connectivity index is 2.31. The molecule has 1 aromatic carbocycles. The third-order valence-corrected chi connectivity index (χ3v) is 3.83. The van der Waals surface area contributed by atoms with Crippen LogP contribution in [0.2, 0.25) is 0 Å². The summed E-state index contributed by atoms with van der Waals surface area (Å²) in [5.41, 5.74) is 3.17. The lowest BCUT2D eigenvalue weighted by atomic mass is 9.97. The number of nitrogens with two attached hydrogens (primary N) is 1. The molecule has 8 heteroatoms. The number of carbonyl (C=O) groups excluding carboxylic acids is 1. The van der Waals surface area contributed by atoms with Crippen LogP contribution in [0, 0.1) is 10.1 Å². The molecule has 1 fully saturated rings. The van der Waals surface area contributed by atoms with Crippen LogP contribution in [0.3, 0.4) is 0 Å². The number of benzene rings is 1. The number of nitrogens with zero attached hydrogens (tertiary/aromatic N) is 2. The van der Waals surface area contributed by atoms with Gasteiger partial charge in [-0.05, 0) is 25.5 Å². The fourth-order valence-electron chi connectivity index (χ4n) is 2.39. The first-order chi connectivity index (χ1) is 9.86. The van der Waals surface area contributed by atoms with Gasteiger partial charge in [0.05, 0.1) is 16.1 Å². The largest absolute Gasteiger partial charge is 0.353 e. The van der Waals surface area contributed by atoms with E-state index in [1.54, 1.807) is 6.07 Å². The molecule has 1 amide bonds. The Labute approximate surface area is 122 Å². The van der Waals surface area contributed by atoms with Crippen molar-refractivity contribution in [2.24, 2.45) is 5.84 Å². The average Bonchev–Trinajstić information content (AvgIpc) is 2.44. The Kier molecular flexibility index (Phi) is 4.10. The first kappa shape index (κ1) is 15.2. The molecule has 8 nitrogen and oxygen atoms in total. The molecule has 0 radical (unpaired) electrons. The number of nitrogen functional groups attached to an aromatic ring is 1. The molecule has 1 aromatic rings. The molecule has 0 spiro atoms. The zero-order valence-electron chi connectivity index (χ0n) is 12.0. The van der Waals surface area contributed by atoms with Crippen molar-refractivity contribution in [2.75, 3.05) is 18.5 Å². The zero-order valence-corrected chi connectivity index (χ0v) is 12.0. The van der Waals surface area contributed by atoms with Crippen LogP contribution in [0.25, 0.3) is 0 Å². The lowest BCUT2D eigenvalue weighted by Crippen LogP contribution is -2.61. The quantitative estimate of drug-likeness (QED) is 0.425. The maximum Gasteiger partial charge on any atom is 0.269 e. The fraction of sp³-hybridized carbons (Fsp3) is 0.462. The van der Waals surface area contributed by atoms with E-state index in [0.717, 1.165) is 0 Å². The second-order valence-corrected chi connectivity index (χ2v) is 5.48. The first-order valence-corrected chi connectivity index (χ1v) is 6.63. The topological polar surface area (TPSA) is 114 Å². The number of nitrogens with one attached hydrogen (secondary N) is 2. The molecule has 114 valence electrons. The summed E-state index contributed by atoms with van der Waals surface area (Å²) < 4.78 is 0. The predicted octanol–water partition coefficient (Wildman–Crippen LogP) is 0.591. The number of hydrogen-bond acceptors (Lipinski definition) is 6. The van der Waals surface area contributed by atoms with Crippen LogP contribution in [0.15, 0.2) is 18.2 Å². The lowest BCUT2D eigenvalue weighted by molar-refractivity contribution is -0.384. The summed E-state index contributed by atoms with van der Waals surface area (Å²) in [5, 5.41) is 13.7. The van der Waals surface area contributed by atoms with Crippen LogP contribution in [-0.2, 0) is 11.3 Å². The standard InChI is InChI=1S/C13H19N5O3/c1-13(2)12(19)15-5-6-17(13)8-9-7-10(18(20)21)3-4-11(9)16-14/h3-4,7,16H,5-6,8,14H2,1-2H3,(H,15,19). The minimum Gasteiger partial charge on any atom is -0.353 e. The van der Waals surface area contributed by atoms with Gasteiger partial charge in [-0.25, -0.2) is 0 Å². The monoisotopic (exact) mass is 293 g/mol. The van der Waals surface area contributed by atoms with Gasteiger partial charge in [0.15, 0.2) is 0 Å². The van der Waals surface area contributed by atoms with Gasteiger partial charge in [0.25, 0.3) is 5.69 Å². The van der Waals surface area contributed by atoms with Gasteiger partial charge in [0, 0.05) is 31.8 Å².